The molecule has 0 fully saturated rings. The van der Waals surface area contributed by atoms with Gasteiger partial charge in [-0.25, -0.2) is 0 Å². The van der Waals surface area contributed by atoms with Crippen molar-refractivity contribution in [2.45, 2.75) is 21.2 Å². The van der Waals surface area contributed by atoms with Crippen LogP contribution in [0.1, 0.15) is 5.56 Å². The molecule has 4 heteroatoms. The van der Waals surface area contributed by atoms with E-state index in [1.54, 1.807) is 23.5 Å². The van der Waals surface area contributed by atoms with Crippen LogP contribution < -0.4 is 5.32 Å². The molecule has 0 amide bonds. The molecule has 1 N–H and O–H groups in total. The van der Waals surface area contributed by atoms with Crippen LogP contribution in [0.25, 0.3) is 0 Å². The number of benzene rings is 1. The van der Waals surface area contributed by atoms with Gasteiger partial charge in [0.25, 0.3) is 0 Å². The largest absolute Gasteiger partial charge is 0.316 e. The summed E-state index contributed by atoms with van der Waals surface area (Å²) in [7, 11) is 1.96. The molecule has 1 heterocycles. The molecule has 2 nitrogen and oxygen atoms in total. The minimum atomic E-state index is 0.869. The zero-order valence-electron chi connectivity index (χ0n) is 10.5. The third-order valence-corrected chi connectivity index (χ3v) is 4.36. The highest BCUT2D eigenvalue weighted by Crippen LogP contribution is 2.30. The Labute approximate surface area is 117 Å². The van der Waals surface area contributed by atoms with Gasteiger partial charge >= 0.3 is 0 Å². The van der Waals surface area contributed by atoms with Gasteiger partial charge in [0.1, 0.15) is 0 Å². The van der Waals surface area contributed by atoms with Crippen molar-refractivity contribution in [3.63, 3.8) is 0 Å². The van der Waals surface area contributed by atoms with Crippen LogP contribution in [0.2, 0.25) is 0 Å². The van der Waals surface area contributed by atoms with E-state index >= 15 is 0 Å². The molecular formula is C14H16N2S2. The van der Waals surface area contributed by atoms with Gasteiger partial charge in [0, 0.05) is 33.6 Å². The maximum absolute atomic E-state index is 4.20. The summed E-state index contributed by atoms with van der Waals surface area (Å²) < 4.78 is 0. The van der Waals surface area contributed by atoms with Crippen molar-refractivity contribution < 1.29 is 0 Å². The maximum Gasteiger partial charge on any atom is 0.0410 e. The molecular weight excluding hydrogens is 260 g/mol. The van der Waals surface area contributed by atoms with Gasteiger partial charge in [-0.05, 0) is 49.2 Å². The Morgan fingerprint density at radius 1 is 1.11 bits per heavy atom. The predicted molar refractivity (Wildman–Crippen MR) is 79.3 cm³/mol. The van der Waals surface area contributed by atoms with Gasteiger partial charge in [0.05, 0.1) is 0 Å². The van der Waals surface area contributed by atoms with E-state index in [2.05, 4.69) is 46.9 Å². The van der Waals surface area contributed by atoms with Crippen LogP contribution in [0.5, 0.6) is 0 Å². The van der Waals surface area contributed by atoms with E-state index in [0.29, 0.717) is 0 Å². The number of nitrogens with zero attached hydrogens (tertiary/aromatic N) is 1. The second-order valence-electron chi connectivity index (χ2n) is 3.79. The molecule has 0 bridgehead atoms. The maximum atomic E-state index is 4.20. The van der Waals surface area contributed by atoms with Gasteiger partial charge in [0.2, 0.25) is 0 Å². The normalized spacial score (nSPS) is 10.6. The van der Waals surface area contributed by atoms with E-state index in [0.717, 1.165) is 6.54 Å². The van der Waals surface area contributed by atoms with Crippen LogP contribution in [-0.4, -0.2) is 18.3 Å². The highest BCUT2D eigenvalue weighted by molar-refractivity contribution is 7.99. The van der Waals surface area contributed by atoms with E-state index in [4.69, 9.17) is 0 Å². The summed E-state index contributed by atoms with van der Waals surface area (Å²) in [5.74, 6) is 0. The van der Waals surface area contributed by atoms with E-state index in [9.17, 15) is 0 Å². The first kappa shape index (κ1) is 13.5. The van der Waals surface area contributed by atoms with Crippen LogP contribution in [0.3, 0.4) is 0 Å². The smallest absolute Gasteiger partial charge is 0.0410 e. The molecule has 0 radical (unpaired) electrons. The Kier molecular flexibility index (Phi) is 5.11. The predicted octanol–water partition coefficient (Wildman–Crippen LogP) is 3.67. The summed E-state index contributed by atoms with van der Waals surface area (Å²) in [5.41, 5.74) is 1.28. The van der Waals surface area contributed by atoms with Crippen LogP contribution in [-0.2, 0) is 6.54 Å². The standard InChI is InChI=1S/C14H16N2S2/c1-15-9-11-7-8-16-10-14(11)18-13-5-3-12(17-2)4-6-13/h3-8,10,15H,9H2,1-2H3. The number of rotatable bonds is 5. The van der Waals surface area contributed by atoms with Crippen LogP contribution in [0.15, 0.2) is 57.4 Å². The van der Waals surface area contributed by atoms with E-state index in [1.165, 1.54) is 20.2 Å². The van der Waals surface area contributed by atoms with E-state index < -0.39 is 0 Å². The summed E-state index contributed by atoms with van der Waals surface area (Å²) in [4.78, 5) is 7.96. The molecule has 0 unspecified atom stereocenters. The lowest BCUT2D eigenvalue weighted by Crippen LogP contribution is -2.06. The molecule has 94 valence electrons. The summed E-state index contributed by atoms with van der Waals surface area (Å²) in [6.45, 7) is 0.869. The van der Waals surface area contributed by atoms with Crippen molar-refractivity contribution in [3.8, 4) is 0 Å². The van der Waals surface area contributed by atoms with Gasteiger partial charge in [-0.2, -0.15) is 0 Å². The Balaban J connectivity index is 2.17. The van der Waals surface area contributed by atoms with Crippen LogP contribution >= 0.6 is 23.5 Å². The van der Waals surface area contributed by atoms with E-state index in [-0.39, 0.29) is 0 Å². The molecule has 1 aromatic heterocycles. The van der Waals surface area contributed by atoms with Crippen molar-refractivity contribution in [1.29, 1.82) is 0 Å². The third-order valence-electron chi connectivity index (χ3n) is 2.52. The molecule has 0 aliphatic rings. The number of pyridine rings is 1. The molecule has 2 rings (SSSR count). The van der Waals surface area contributed by atoms with Gasteiger partial charge in [-0.1, -0.05) is 11.8 Å². The average molecular weight is 276 g/mol. The van der Waals surface area contributed by atoms with Gasteiger partial charge < -0.3 is 5.32 Å². The minimum absolute atomic E-state index is 0.869. The molecule has 0 saturated heterocycles. The van der Waals surface area contributed by atoms with Crippen molar-refractivity contribution in [3.05, 3.63) is 48.3 Å². The first-order valence-electron chi connectivity index (χ1n) is 5.73. The van der Waals surface area contributed by atoms with Crippen LogP contribution in [0, 0.1) is 0 Å². The van der Waals surface area contributed by atoms with Gasteiger partial charge in [0.15, 0.2) is 0 Å². The number of nitrogens with one attached hydrogen (secondary N) is 1. The molecule has 0 aliphatic heterocycles. The minimum Gasteiger partial charge on any atom is -0.316 e. The Morgan fingerprint density at radius 3 is 2.50 bits per heavy atom. The SMILES string of the molecule is CNCc1ccncc1Sc1ccc(SC)cc1. The lowest BCUT2D eigenvalue weighted by molar-refractivity contribution is 0.799. The van der Waals surface area contributed by atoms with Crippen molar-refractivity contribution in [2.24, 2.45) is 0 Å². The molecule has 0 atom stereocenters. The summed E-state index contributed by atoms with van der Waals surface area (Å²) in [5, 5.41) is 3.18. The molecule has 0 spiro atoms. The first-order chi connectivity index (χ1) is 8.83. The molecule has 2 aromatic rings. The fourth-order valence-electron chi connectivity index (χ4n) is 1.61. The fourth-order valence-corrected chi connectivity index (χ4v) is 2.93. The Morgan fingerprint density at radius 2 is 1.83 bits per heavy atom. The second kappa shape index (κ2) is 6.83. The van der Waals surface area contributed by atoms with E-state index in [1.807, 2.05) is 19.4 Å². The van der Waals surface area contributed by atoms with Crippen molar-refractivity contribution in [1.82, 2.24) is 10.3 Å². The quantitative estimate of drug-likeness (QED) is 0.842. The summed E-state index contributed by atoms with van der Waals surface area (Å²) >= 11 is 3.53. The lowest BCUT2D eigenvalue weighted by atomic mass is 10.3. The third kappa shape index (κ3) is 3.51. The Bertz CT molecular complexity index is 497. The lowest BCUT2D eigenvalue weighted by Gasteiger charge is -2.08. The molecule has 1 aromatic carbocycles. The number of aromatic nitrogens is 1. The van der Waals surface area contributed by atoms with Gasteiger partial charge in [-0.3, -0.25) is 4.98 Å². The Hall–Kier alpha value is -0.970. The summed E-state index contributed by atoms with van der Waals surface area (Å²) in [6.07, 6.45) is 5.86. The zero-order chi connectivity index (χ0) is 12.8. The molecule has 0 aliphatic carbocycles. The van der Waals surface area contributed by atoms with Crippen molar-refractivity contribution in [2.75, 3.05) is 13.3 Å². The van der Waals surface area contributed by atoms with Crippen molar-refractivity contribution >= 4 is 23.5 Å². The van der Waals surface area contributed by atoms with Crippen LogP contribution in [0.4, 0.5) is 0 Å². The topological polar surface area (TPSA) is 24.9 Å². The first-order valence-corrected chi connectivity index (χ1v) is 7.77. The summed E-state index contributed by atoms with van der Waals surface area (Å²) in [6, 6.07) is 10.7. The fraction of sp³-hybridized carbons (Fsp3) is 0.214. The van der Waals surface area contributed by atoms with Gasteiger partial charge in [-0.15, -0.1) is 11.8 Å². The highest BCUT2D eigenvalue weighted by atomic mass is 32.2. The average Bonchev–Trinajstić information content (AvgIpc) is 2.42. The molecule has 0 saturated carbocycles. The molecule has 18 heavy (non-hydrogen) atoms. The monoisotopic (exact) mass is 276 g/mol. The number of hydrogen-bond acceptors (Lipinski definition) is 4. The highest BCUT2D eigenvalue weighted by Gasteiger charge is 2.04. The number of hydrogen-bond donors (Lipinski definition) is 1. The second-order valence-corrected chi connectivity index (χ2v) is 5.79. The number of thioether (sulfide) groups is 1. The zero-order valence-corrected chi connectivity index (χ0v) is 12.1.